The molecule has 1 fully saturated rings. The topological polar surface area (TPSA) is 69.6 Å². The van der Waals surface area contributed by atoms with Gasteiger partial charge < -0.3 is 5.73 Å². The highest BCUT2D eigenvalue weighted by Crippen LogP contribution is 2.29. The number of benzene rings is 1. The third-order valence-corrected chi connectivity index (χ3v) is 4.59. The van der Waals surface area contributed by atoms with Crippen LogP contribution in [0.15, 0.2) is 18.2 Å². The molecule has 0 radical (unpaired) electrons. The standard InChI is InChI=1S/C15H20ClN5/c16-13-8-7-12(10-14(13)17)15-18-19-20-21(15)9-3-6-11-4-1-2-5-11/h7-8,10-11H,1-6,9,17H2. The van der Waals surface area contributed by atoms with Crippen molar-refractivity contribution in [3.63, 3.8) is 0 Å². The molecule has 0 spiro atoms. The Morgan fingerprint density at radius 2 is 2.10 bits per heavy atom. The van der Waals surface area contributed by atoms with Gasteiger partial charge in [-0.25, -0.2) is 4.68 Å². The second-order valence-corrected chi connectivity index (χ2v) is 6.16. The summed E-state index contributed by atoms with van der Waals surface area (Å²) in [6.45, 7) is 0.849. The molecule has 112 valence electrons. The number of anilines is 1. The molecule has 2 aromatic rings. The molecule has 21 heavy (non-hydrogen) atoms. The van der Waals surface area contributed by atoms with Gasteiger partial charge in [-0.15, -0.1) is 5.10 Å². The number of hydrogen-bond acceptors (Lipinski definition) is 4. The number of nitrogen functional groups attached to an aromatic ring is 1. The Labute approximate surface area is 129 Å². The van der Waals surface area contributed by atoms with Crippen LogP contribution in [0.4, 0.5) is 5.69 Å². The van der Waals surface area contributed by atoms with E-state index in [4.69, 9.17) is 17.3 Å². The molecule has 3 rings (SSSR count). The van der Waals surface area contributed by atoms with Gasteiger partial charge in [-0.05, 0) is 47.4 Å². The van der Waals surface area contributed by atoms with Gasteiger partial charge in [0.05, 0.1) is 10.7 Å². The van der Waals surface area contributed by atoms with Crippen molar-refractivity contribution in [2.75, 3.05) is 5.73 Å². The van der Waals surface area contributed by atoms with E-state index in [9.17, 15) is 0 Å². The van der Waals surface area contributed by atoms with Crippen molar-refractivity contribution in [1.29, 1.82) is 0 Å². The average Bonchev–Trinajstić information content (AvgIpc) is 3.13. The number of aryl methyl sites for hydroxylation is 1. The van der Waals surface area contributed by atoms with Crippen molar-refractivity contribution in [2.24, 2.45) is 5.92 Å². The van der Waals surface area contributed by atoms with Crippen molar-refractivity contribution in [2.45, 2.75) is 45.1 Å². The van der Waals surface area contributed by atoms with Crippen LogP contribution in [0.25, 0.3) is 11.4 Å². The van der Waals surface area contributed by atoms with E-state index < -0.39 is 0 Å². The van der Waals surface area contributed by atoms with Gasteiger partial charge in [0.15, 0.2) is 5.82 Å². The molecule has 6 heteroatoms. The summed E-state index contributed by atoms with van der Waals surface area (Å²) in [5.74, 6) is 1.65. The molecule has 0 aliphatic heterocycles. The van der Waals surface area contributed by atoms with E-state index in [0.717, 1.165) is 30.3 Å². The third-order valence-electron chi connectivity index (χ3n) is 4.24. The van der Waals surface area contributed by atoms with E-state index in [2.05, 4.69) is 15.5 Å². The third kappa shape index (κ3) is 3.35. The minimum Gasteiger partial charge on any atom is -0.398 e. The number of rotatable bonds is 5. The monoisotopic (exact) mass is 305 g/mol. The summed E-state index contributed by atoms with van der Waals surface area (Å²) in [4.78, 5) is 0. The highest BCUT2D eigenvalue weighted by molar-refractivity contribution is 6.33. The first-order valence-corrected chi connectivity index (χ1v) is 7.93. The van der Waals surface area contributed by atoms with Crippen molar-refractivity contribution in [1.82, 2.24) is 20.2 Å². The second-order valence-electron chi connectivity index (χ2n) is 5.75. The summed E-state index contributed by atoms with van der Waals surface area (Å²) >= 11 is 5.95. The Morgan fingerprint density at radius 1 is 1.29 bits per heavy atom. The molecule has 5 nitrogen and oxygen atoms in total. The maximum absolute atomic E-state index is 5.95. The second kappa shape index (κ2) is 6.43. The first-order chi connectivity index (χ1) is 10.2. The quantitative estimate of drug-likeness (QED) is 0.858. The zero-order valence-electron chi connectivity index (χ0n) is 12.0. The fourth-order valence-corrected chi connectivity index (χ4v) is 3.19. The molecule has 2 N–H and O–H groups in total. The Kier molecular flexibility index (Phi) is 4.39. The van der Waals surface area contributed by atoms with E-state index in [-0.39, 0.29) is 0 Å². The average molecular weight is 306 g/mol. The molecular weight excluding hydrogens is 286 g/mol. The molecule has 1 aromatic heterocycles. The van der Waals surface area contributed by atoms with Gasteiger partial charge in [0, 0.05) is 12.1 Å². The fraction of sp³-hybridized carbons (Fsp3) is 0.533. The molecule has 0 bridgehead atoms. The summed E-state index contributed by atoms with van der Waals surface area (Å²) in [6, 6.07) is 5.50. The van der Waals surface area contributed by atoms with Crippen LogP contribution in [-0.4, -0.2) is 20.2 Å². The van der Waals surface area contributed by atoms with Crippen LogP contribution in [0.3, 0.4) is 0 Å². The highest BCUT2D eigenvalue weighted by Gasteiger charge is 2.15. The van der Waals surface area contributed by atoms with Crippen LogP contribution in [0.2, 0.25) is 5.02 Å². The highest BCUT2D eigenvalue weighted by atomic mass is 35.5. The van der Waals surface area contributed by atoms with Gasteiger partial charge in [0.25, 0.3) is 0 Å². The molecule has 0 atom stereocenters. The Hall–Kier alpha value is -1.62. The minimum absolute atomic E-state index is 0.551. The number of tetrazole rings is 1. The zero-order valence-corrected chi connectivity index (χ0v) is 12.8. The number of aromatic nitrogens is 4. The van der Waals surface area contributed by atoms with Crippen molar-refractivity contribution in [3.05, 3.63) is 23.2 Å². The number of halogens is 1. The van der Waals surface area contributed by atoms with E-state index in [1.165, 1.54) is 32.1 Å². The summed E-state index contributed by atoms with van der Waals surface area (Å²) in [7, 11) is 0. The largest absolute Gasteiger partial charge is 0.398 e. The molecule has 0 amide bonds. The number of nitrogens with zero attached hydrogens (tertiary/aromatic N) is 4. The van der Waals surface area contributed by atoms with Crippen LogP contribution in [0, 0.1) is 5.92 Å². The van der Waals surface area contributed by atoms with Gasteiger partial charge in [-0.2, -0.15) is 0 Å². The predicted octanol–water partition coefficient (Wildman–Crippen LogP) is 3.55. The first kappa shape index (κ1) is 14.3. The Morgan fingerprint density at radius 3 is 2.86 bits per heavy atom. The number of nitrogens with two attached hydrogens (primary N) is 1. The Bertz CT molecular complexity index is 604. The van der Waals surface area contributed by atoms with Crippen molar-refractivity contribution >= 4 is 17.3 Å². The molecule has 1 saturated carbocycles. The molecule has 1 heterocycles. The van der Waals surface area contributed by atoms with E-state index in [0.29, 0.717) is 10.7 Å². The van der Waals surface area contributed by atoms with E-state index >= 15 is 0 Å². The van der Waals surface area contributed by atoms with E-state index in [1.807, 2.05) is 16.8 Å². The summed E-state index contributed by atoms with van der Waals surface area (Å²) in [5, 5.41) is 12.5. The molecule has 0 unspecified atom stereocenters. The SMILES string of the molecule is Nc1cc(-c2nnnn2CCCC2CCCC2)ccc1Cl. The van der Waals surface area contributed by atoms with Crippen LogP contribution < -0.4 is 5.73 Å². The van der Waals surface area contributed by atoms with E-state index in [1.54, 1.807) is 6.07 Å². The lowest BCUT2D eigenvalue weighted by atomic mass is 10.0. The zero-order chi connectivity index (χ0) is 14.7. The maximum Gasteiger partial charge on any atom is 0.182 e. The summed E-state index contributed by atoms with van der Waals surface area (Å²) in [5.41, 5.74) is 7.31. The molecular formula is C15H20ClN5. The van der Waals surface area contributed by atoms with Crippen LogP contribution in [0.1, 0.15) is 38.5 Å². The molecule has 1 aromatic carbocycles. The van der Waals surface area contributed by atoms with Crippen LogP contribution in [-0.2, 0) is 6.54 Å². The van der Waals surface area contributed by atoms with Gasteiger partial charge in [-0.1, -0.05) is 37.3 Å². The first-order valence-electron chi connectivity index (χ1n) is 7.55. The van der Waals surface area contributed by atoms with Gasteiger partial charge in [0.2, 0.25) is 0 Å². The summed E-state index contributed by atoms with van der Waals surface area (Å²) in [6.07, 6.45) is 7.94. The van der Waals surface area contributed by atoms with Gasteiger partial charge in [-0.3, -0.25) is 0 Å². The molecule has 1 aliphatic carbocycles. The molecule has 1 aliphatic rings. The molecule has 0 saturated heterocycles. The van der Waals surface area contributed by atoms with Crippen molar-refractivity contribution in [3.8, 4) is 11.4 Å². The van der Waals surface area contributed by atoms with Crippen molar-refractivity contribution < 1.29 is 0 Å². The lowest BCUT2D eigenvalue weighted by Crippen LogP contribution is -2.05. The summed E-state index contributed by atoms with van der Waals surface area (Å²) < 4.78 is 1.86. The fourth-order valence-electron chi connectivity index (χ4n) is 3.07. The Balaban J connectivity index is 1.66. The van der Waals surface area contributed by atoms with Crippen LogP contribution in [0.5, 0.6) is 0 Å². The normalized spacial score (nSPS) is 15.7. The maximum atomic E-state index is 5.95. The van der Waals surface area contributed by atoms with Crippen LogP contribution >= 0.6 is 11.6 Å². The minimum atomic E-state index is 0.551. The van der Waals surface area contributed by atoms with Gasteiger partial charge in [0.1, 0.15) is 0 Å². The number of hydrogen-bond donors (Lipinski definition) is 1. The lowest BCUT2D eigenvalue weighted by Gasteiger charge is -2.09. The van der Waals surface area contributed by atoms with Gasteiger partial charge >= 0.3 is 0 Å². The predicted molar refractivity (Wildman–Crippen MR) is 83.9 cm³/mol. The smallest absolute Gasteiger partial charge is 0.182 e. The lowest BCUT2D eigenvalue weighted by molar-refractivity contribution is 0.444.